The Morgan fingerprint density at radius 3 is 2.83 bits per heavy atom. The Morgan fingerprint density at radius 2 is 2.22 bits per heavy atom. The second kappa shape index (κ2) is 5.06. The zero-order valence-electron chi connectivity index (χ0n) is 10.3. The van der Waals surface area contributed by atoms with Gasteiger partial charge in [0, 0.05) is 19.6 Å². The van der Waals surface area contributed by atoms with Crippen LogP contribution in [0.4, 0.5) is 0 Å². The molecule has 1 aromatic carbocycles. The first-order chi connectivity index (χ1) is 8.51. The number of carboxylic acids is 1. The molecule has 1 aliphatic rings. The van der Waals surface area contributed by atoms with Gasteiger partial charge >= 0.3 is 5.97 Å². The van der Waals surface area contributed by atoms with Crippen molar-refractivity contribution in [2.24, 2.45) is 0 Å². The Bertz CT molecular complexity index is 440. The number of rotatable bonds is 3. The van der Waals surface area contributed by atoms with E-state index in [1.807, 2.05) is 0 Å². The topological polar surface area (TPSA) is 81.6 Å². The zero-order valence-corrected chi connectivity index (χ0v) is 10.3. The van der Waals surface area contributed by atoms with E-state index in [1.165, 1.54) is 12.1 Å². The van der Waals surface area contributed by atoms with Gasteiger partial charge in [-0.25, -0.2) is 4.79 Å². The van der Waals surface area contributed by atoms with Gasteiger partial charge in [0.25, 0.3) is 0 Å². The molecule has 1 heterocycles. The third-order valence-corrected chi connectivity index (χ3v) is 3.41. The molecule has 0 bridgehead atoms. The lowest BCUT2D eigenvalue weighted by Gasteiger charge is -2.37. The van der Waals surface area contributed by atoms with Crippen molar-refractivity contribution in [1.82, 2.24) is 10.6 Å². The summed E-state index contributed by atoms with van der Waals surface area (Å²) in [5, 5.41) is 26.1. The number of benzene rings is 1. The molecule has 5 nitrogen and oxygen atoms in total. The minimum Gasteiger partial charge on any atom is -0.478 e. The van der Waals surface area contributed by atoms with Gasteiger partial charge in [-0.2, -0.15) is 0 Å². The van der Waals surface area contributed by atoms with Crippen molar-refractivity contribution in [3.8, 4) is 0 Å². The first-order valence-corrected chi connectivity index (χ1v) is 6.02. The number of nitrogens with one attached hydrogen (secondary N) is 2. The monoisotopic (exact) mass is 250 g/mol. The standard InChI is InChI=1S/C13H18N2O3/c1-13(18,11-8-14-5-6-15-11)10-4-2-3-9(7-10)12(16)17/h2-4,7,11,14-15,18H,5-6,8H2,1H3,(H,16,17). The van der Waals surface area contributed by atoms with E-state index in [9.17, 15) is 9.90 Å². The number of piperazine rings is 1. The predicted octanol–water partition coefficient (Wildman–Crippen LogP) is 0.154. The lowest BCUT2D eigenvalue weighted by molar-refractivity contribution is 0.0105. The van der Waals surface area contributed by atoms with E-state index in [4.69, 9.17) is 5.11 Å². The number of aliphatic hydroxyl groups is 1. The highest BCUT2D eigenvalue weighted by Gasteiger charge is 2.34. The van der Waals surface area contributed by atoms with Crippen LogP contribution in [-0.4, -0.2) is 41.9 Å². The number of hydrogen-bond donors (Lipinski definition) is 4. The number of aromatic carboxylic acids is 1. The predicted molar refractivity (Wildman–Crippen MR) is 67.6 cm³/mol. The Kier molecular flexibility index (Phi) is 3.65. The van der Waals surface area contributed by atoms with Crippen LogP contribution in [0.5, 0.6) is 0 Å². The van der Waals surface area contributed by atoms with Gasteiger partial charge in [0.1, 0.15) is 5.60 Å². The molecule has 98 valence electrons. The molecule has 5 heteroatoms. The summed E-state index contributed by atoms with van der Waals surface area (Å²) in [6.07, 6.45) is 0. The second-order valence-corrected chi connectivity index (χ2v) is 4.74. The number of hydrogen-bond acceptors (Lipinski definition) is 4. The lowest BCUT2D eigenvalue weighted by atomic mass is 9.86. The first-order valence-electron chi connectivity index (χ1n) is 6.02. The van der Waals surface area contributed by atoms with Gasteiger partial charge in [0.05, 0.1) is 11.6 Å². The van der Waals surface area contributed by atoms with Gasteiger partial charge in [0.2, 0.25) is 0 Å². The minimum atomic E-state index is -1.10. The zero-order chi connectivity index (χ0) is 13.2. The van der Waals surface area contributed by atoms with Gasteiger partial charge < -0.3 is 20.8 Å². The van der Waals surface area contributed by atoms with Crippen LogP contribution in [0, 0.1) is 0 Å². The van der Waals surface area contributed by atoms with E-state index < -0.39 is 11.6 Å². The van der Waals surface area contributed by atoms with Gasteiger partial charge in [-0.05, 0) is 24.6 Å². The Hall–Kier alpha value is -1.43. The van der Waals surface area contributed by atoms with Gasteiger partial charge in [0.15, 0.2) is 0 Å². The fraction of sp³-hybridized carbons (Fsp3) is 0.462. The van der Waals surface area contributed by atoms with Crippen LogP contribution < -0.4 is 10.6 Å². The van der Waals surface area contributed by atoms with Crippen LogP contribution in [-0.2, 0) is 5.60 Å². The molecule has 1 saturated heterocycles. The quantitative estimate of drug-likeness (QED) is 0.614. The maximum absolute atomic E-state index is 10.9. The summed E-state index contributed by atoms with van der Waals surface area (Å²) < 4.78 is 0. The average Bonchev–Trinajstić information content (AvgIpc) is 2.40. The van der Waals surface area contributed by atoms with Gasteiger partial charge in [-0.1, -0.05) is 12.1 Å². The summed E-state index contributed by atoms with van der Waals surface area (Å²) in [6, 6.07) is 6.33. The van der Waals surface area contributed by atoms with E-state index in [1.54, 1.807) is 19.1 Å². The van der Waals surface area contributed by atoms with Crippen molar-refractivity contribution in [3.05, 3.63) is 35.4 Å². The third kappa shape index (κ3) is 2.53. The highest BCUT2D eigenvalue weighted by atomic mass is 16.4. The Morgan fingerprint density at radius 1 is 1.44 bits per heavy atom. The van der Waals surface area contributed by atoms with E-state index in [0.717, 1.165) is 13.1 Å². The smallest absolute Gasteiger partial charge is 0.335 e. The van der Waals surface area contributed by atoms with Crippen molar-refractivity contribution in [3.63, 3.8) is 0 Å². The molecule has 0 radical (unpaired) electrons. The highest BCUT2D eigenvalue weighted by Crippen LogP contribution is 2.26. The van der Waals surface area contributed by atoms with Crippen molar-refractivity contribution >= 4 is 5.97 Å². The fourth-order valence-electron chi connectivity index (χ4n) is 2.22. The van der Waals surface area contributed by atoms with Gasteiger partial charge in [-0.3, -0.25) is 0 Å². The molecule has 0 aliphatic carbocycles. The number of carboxylic acid groups (broad SMARTS) is 1. The molecule has 0 aromatic heterocycles. The summed E-state index contributed by atoms with van der Waals surface area (Å²) in [5.41, 5.74) is -0.293. The molecular weight excluding hydrogens is 232 g/mol. The van der Waals surface area contributed by atoms with E-state index in [2.05, 4.69) is 10.6 Å². The lowest BCUT2D eigenvalue weighted by Crippen LogP contribution is -2.57. The van der Waals surface area contributed by atoms with Gasteiger partial charge in [-0.15, -0.1) is 0 Å². The van der Waals surface area contributed by atoms with Crippen molar-refractivity contribution < 1.29 is 15.0 Å². The molecule has 0 amide bonds. The SMILES string of the molecule is CC(O)(c1cccc(C(=O)O)c1)C1CNCCN1. The Balaban J connectivity index is 2.27. The van der Waals surface area contributed by atoms with Crippen LogP contribution in [0.3, 0.4) is 0 Å². The first kappa shape index (κ1) is 13.0. The second-order valence-electron chi connectivity index (χ2n) is 4.74. The average molecular weight is 250 g/mol. The molecule has 1 aromatic rings. The molecular formula is C13H18N2O3. The fourth-order valence-corrected chi connectivity index (χ4v) is 2.22. The molecule has 2 atom stereocenters. The maximum Gasteiger partial charge on any atom is 0.335 e. The molecule has 1 aliphatic heterocycles. The van der Waals surface area contributed by atoms with E-state index >= 15 is 0 Å². The molecule has 0 spiro atoms. The third-order valence-electron chi connectivity index (χ3n) is 3.41. The van der Waals surface area contributed by atoms with Crippen LogP contribution in [0.25, 0.3) is 0 Å². The van der Waals surface area contributed by atoms with Crippen molar-refractivity contribution in [1.29, 1.82) is 0 Å². The highest BCUT2D eigenvalue weighted by molar-refractivity contribution is 5.87. The molecule has 2 unspecified atom stereocenters. The summed E-state index contributed by atoms with van der Waals surface area (Å²) in [5.74, 6) is -0.984. The normalized spacial score (nSPS) is 23.3. The van der Waals surface area contributed by atoms with E-state index in [-0.39, 0.29) is 11.6 Å². The summed E-state index contributed by atoms with van der Waals surface area (Å²) >= 11 is 0. The Labute approximate surface area is 106 Å². The summed E-state index contributed by atoms with van der Waals surface area (Å²) in [6.45, 7) is 4.03. The minimum absolute atomic E-state index is 0.129. The molecule has 18 heavy (non-hydrogen) atoms. The molecule has 0 saturated carbocycles. The largest absolute Gasteiger partial charge is 0.478 e. The summed E-state index contributed by atoms with van der Waals surface area (Å²) in [4.78, 5) is 10.9. The van der Waals surface area contributed by atoms with Crippen LogP contribution >= 0.6 is 0 Å². The number of carbonyl (C=O) groups is 1. The van der Waals surface area contributed by atoms with Crippen LogP contribution in [0.1, 0.15) is 22.8 Å². The maximum atomic E-state index is 10.9. The molecule has 1 fully saturated rings. The molecule has 4 N–H and O–H groups in total. The van der Waals surface area contributed by atoms with Crippen LogP contribution in [0.15, 0.2) is 24.3 Å². The van der Waals surface area contributed by atoms with Crippen molar-refractivity contribution in [2.45, 2.75) is 18.6 Å². The summed E-state index contributed by atoms with van der Waals surface area (Å²) in [7, 11) is 0. The van der Waals surface area contributed by atoms with E-state index in [0.29, 0.717) is 12.1 Å². The van der Waals surface area contributed by atoms with Crippen LogP contribution in [0.2, 0.25) is 0 Å². The molecule has 2 rings (SSSR count). The van der Waals surface area contributed by atoms with Crippen molar-refractivity contribution in [2.75, 3.05) is 19.6 Å².